The number of benzene rings is 1. The van der Waals surface area contributed by atoms with E-state index in [1.54, 1.807) is 0 Å². The van der Waals surface area contributed by atoms with Gasteiger partial charge in [0.1, 0.15) is 0 Å². The fourth-order valence-electron chi connectivity index (χ4n) is 0.415. The van der Waals surface area contributed by atoms with Crippen molar-refractivity contribution in [1.29, 1.82) is 0 Å². The minimum absolute atomic E-state index is 0. The summed E-state index contributed by atoms with van der Waals surface area (Å²) in [6.45, 7) is 0. The van der Waals surface area contributed by atoms with Crippen LogP contribution >= 0.6 is 22.6 Å². The second-order valence-electron chi connectivity index (χ2n) is 1.30. The Kier molecular flexibility index (Phi) is 4.61. The molecule has 44 valence electrons. The van der Waals surface area contributed by atoms with Crippen LogP contribution in [-0.4, -0.2) is 0 Å². The quantitative estimate of drug-likeness (QED) is 0.496. The van der Waals surface area contributed by atoms with Gasteiger partial charge in [-0.1, -0.05) is 18.2 Å². The Balaban J connectivity index is 0.000000490. The average molecular weight is 260 g/mol. The van der Waals surface area contributed by atoms with Crippen molar-refractivity contribution in [1.82, 2.24) is 0 Å². The van der Waals surface area contributed by atoms with E-state index in [1.807, 2.05) is 18.2 Å². The Hall–Kier alpha value is 0.469. The smallest absolute Gasteiger partial charge is 0.0130 e. The fourth-order valence-corrected chi connectivity index (χ4v) is 0.830. The molecule has 0 nitrogen and oxygen atoms in total. The zero-order valence-electron chi connectivity index (χ0n) is 4.12. The molecule has 0 fully saturated rings. The molecule has 0 heterocycles. The van der Waals surface area contributed by atoms with E-state index in [1.165, 1.54) is 3.57 Å². The average Bonchev–Trinajstić information content (AvgIpc) is 1.69. The first-order valence-corrected chi connectivity index (χ1v) is 3.18. The summed E-state index contributed by atoms with van der Waals surface area (Å²) in [5.74, 6) is 0. The van der Waals surface area contributed by atoms with E-state index in [0.29, 0.717) is 0 Å². The van der Waals surface area contributed by atoms with Gasteiger partial charge in [-0.2, -0.15) is 0 Å². The van der Waals surface area contributed by atoms with Crippen molar-refractivity contribution in [2.45, 2.75) is 0 Å². The molecule has 8 heavy (non-hydrogen) atoms. The van der Waals surface area contributed by atoms with Crippen LogP contribution in [0.2, 0.25) is 0 Å². The van der Waals surface area contributed by atoms with E-state index >= 15 is 0 Å². The van der Waals surface area contributed by atoms with Gasteiger partial charge in [0.2, 0.25) is 0 Å². The number of hydrogen-bond donors (Lipinski definition) is 0. The van der Waals surface area contributed by atoms with Crippen molar-refractivity contribution in [3.8, 4) is 0 Å². The van der Waals surface area contributed by atoms with Gasteiger partial charge in [0.15, 0.2) is 0 Å². The Morgan fingerprint density at radius 2 is 1.50 bits per heavy atom. The van der Waals surface area contributed by atoms with Crippen molar-refractivity contribution in [2.24, 2.45) is 0 Å². The zero-order valence-corrected chi connectivity index (χ0v) is 7.38. The number of halogens is 1. The summed E-state index contributed by atoms with van der Waals surface area (Å²) in [4.78, 5) is 0. The van der Waals surface area contributed by atoms with Crippen molar-refractivity contribution < 1.29 is 17.1 Å². The van der Waals surface area contributed by atoms with Crippen LogP contribution in [0.15, 0.2) is 30.3 Å². The molecule has 0 amide bonds. The normalized spacial score (nSPS) is 7.62. The van der Waals surface area contributed by atoms with Crippen molar-refractivity contribution in [3.05, 3.63) is 33.9 Å². The van der Waals surface area contributed by atoms with E-state index < -0.39 is 0 Å². The van der Waals surface area contributed by atoms with Crippen LogP contribution in [0.1, 0.15) is 0 Å². The zero-order chi connectivity index (χ0) is 5.11. The van der Waals surface area contributed by atoms with Crippen molar-refractivity contribution >= 4 is 22.6 Å². The van der Waals surface area contributed by atoms with Crippen LogP contribution in [-0.2, 0) is 17.1 Å². The third-order valence-electron chi connectivity index (χ3n) is 0.733. The maximum Gasteiger partial charge on any atom is 0.0130 e. The Bertz CT molecular complexity index is 138. The fraction of sp³-hybridized carbons (Fsp3) is 0. The van der Waals surface area contributed by atoms with Crippen LogP contribution in [0, 0.1) is 3.57 Å². The summed E-state index contributed by atoms with van der Waals surface area (Å²) in [6.07, 6.45) is 0. The minimum Gasteiger partial charge on any atom is -0.0622 e. The molecule has 2 heteroatoms. The summed E-state index contributed by atoms with van der Waals surface area (Å²) in [5.41, 5.74) is 0. The first-order valence-electron chi connectivity index (χ1n) is 2.10. The molecule has 0 spiro atoms. The molecular formula is C6H5FeI. The number of rotatable bonds is 0. The maximum atomic E-state index is 2.28. The van der Waals surface area contributed by atoms with E-state index in [4.69, 9.17) is 0 Å². The summed E-state index contributed by atoms with van der Waals surface area (Å²) in [7, 11) is 0. The monoisotopic (exact) mass is 260 g/mol. The molecule has 0 saturated carbocycles. The first-order chi connectivity index (χ1) is 3.39. The molecule has 0 saturated heterocycles. The SMILES string of the molecule is Ic1ccccc1.[Fe]. The summed E-state index contributed by atoms with van der Waals surface area (Å²) in [6, 6.07) is 10.2. The van der Waals surface area contributed by atoms with Gasteiger partial charge in [-0.25, -0.2) is 0 Å². The van der Waals surface area contributed by atoms with Crippen LogP contribution in [0.5, 0.6) is 0 Å². The molecule has 0 aliphatic rings. The summed E-state index contributed by atoms with van der Waals surface area (Å²) >= 11 is 2.28. The van der Waals surface area contributed by atoms with Gasteiger partial charge in [-0.3, -0.25) is 0 Å². The van der Waals surface area contributed by atoms with E-state index in [-0.39, 0.29) is 17.1 Å². The molecule has 0 bridgehead atoms. The van der Waals surface area contributed by atoms with Crippen LogP contribution in [0.4, 0.5) is 0 Å². The second-order valence-corrected chi connectivity index (χ2v) is 2.54. The molecule has 0 atom stereocenters. The van der Waals surface area contributed by atoms with Gasteiger partial charge in [0.25, 0.3) is 0 Å². The molecule has 0 radical (unpaired) electrons. The molecule has 1 rings (SSSR count). The molecule has 0 aliphatic heterocycles. The van der Waals surface area contributed by atoms with Crippen molar-refractivity contribution in [3.63, 3.8) is 0 Å². The van der Waals surface area contributed by atoms with Gasteiger partial charge < -0.3 is 0 Å². The standard InChI is InChI=1S/C6H5I.Fe/c7-6-4-2-1-3-5-6;/h1-5H;. The predicted octanol–water partition coefficient (Wildman–Crippen LogP) is 2.29. The van der Waals surface area contributed by atoms with Gasteiger partial charge in [-0.05, 0) is 34.7 Å². The number of hydrogen-bond acceptors (Lipinski definition) is 0. The van der Waals surface area contributed by atoms with E-state index in [9.17, 15) is 0 Å². The topological polar surface area (TPSA) is 0 Å². The third-order valence-corrected chi connectivity index (χ3v) is 1.45. The van der Waals surface area contributed by atoms with E-state index in [2.05, 4.69) is 34.7 Å². The summed E-state index contributed by atoms with van der Waals surface area (Å²) in [5, 5.41) is 0. The molecule has 1 aromatic carbocycles. The minimum atomic E-state index is 0. The van der Waals surface area contributed by atoms with Crippen LogP contribution in [0.3, 0.4) is 0 Å². The molecule has 0 unspecified atom stereocenters. The molecule has 0 N–H and O–H groups in total. The third kappa shape index (κ3) is 2.70. The Morgan fingerprint density at radius 1 is 1.00 bits per heavy atom. The van der Waals surface area contributed by atoms with Crippen molar-refractivity contribution in [2.75, 3.05) is 0 Å². The van der Waals surface area contributed by atoms with Gasteiger partial charge >= 0.3 is 0 Å². The molecule has 0 aliphatic carbocycles. The van der Waals surface area contributed by atoms with Crippen LogP contribution < -0.4 is 0 Å². The first kappa shape index (κ1) is 8.47. The van der Waals surface area contributed by atoms with Gasteiger partial charge in [0.05, 0.1) is 0 Å². The molecular weight excluding hydrogens is 255 g/mol. The Labute approximate surface area is 73.3 Å². The second kappa shape index (κ2) is 4.36. The Morgan fingerprint density at radius 3 is 1.75 bits per heavy atom. The molecule has 1 aromatic rings. The predicted molar refractivity (Wildman–Crippen MR) is 39.2 cm³/mol. The maximum absolute atomic E-state index is 2.28. The van der Waals surface area contributed by atoms with Crippen LogP contribution in [0.25, 0.3) is 0 Å². The van der Waals surface area contributed by atoms with E-state index in [0.717, 1.165) is 0 Å². The largest absolute Gasteiger partial charge is 0.0622 e. The summed E-state index contributed by atoms with van der Waals surface area (Å²) < 4.78 is 1.29. The van der Waals surface area contributed by atoms with Gasteiger partial charge in [-0.15, -0.1) is 0 Å². The van der Waals surface area contributed by atoms with Gasteiger partial charge in [0, 0.05) is 20.6 Å². The molecule has 0 aromatic heterocycles.